The van der Waals surface area contributed by atoms with E-state index in [1.807, 2.05) is 0 Å². The van der Waals surface area contributed by atoms with Crippen molar-refractivity contribution in [1.82, 2.24) is 15.0 Å². The maximum Gasteiger partial charge on any atom is 0.416 e. The average Bonchev–Trinajstić information content (AvgIpc) is 2.94. The molecule has 124 valence electrons. The summed E-state index contributed by atoms with van der Waals surface area (Å²) in [6.45, 7) is 4.04. The van der Waals surface area contributed by atoms with Crippen LogP contribution in [0.3, 0.4) is 0 Å². The Hall–Kier alpha value is -1.93. The molecule has 0 N–H and O–H groups in total. The first-order valence-electron chi connectivity index (χ1n) is 7.22. The quantitative estimate of drug-likeness (QED) is 0.867. The molecule has 1 aromatic heterocycles. The first kappa shape index (κ1) is 15.9. The highest BCUT2D eigenvalue weighted by molar-refractivity contribution is 5.24. The second kappa shape index (κ2) is 6.29. The van der Waals surface area contributed by atoms with Crippen molar-refractivity contribution in [2.45, 2.75) is 25.7 Å². The van der Waals surface area contributed by atoms with Gasteiger partial charge in [0.2, 0.25) is 11.7 Å². The third-order valence-electron chi connectivity index (χ3n) is 3.67. The molecule has 1 fully saturated rings. The van der Waals surface area contributed by atoms with Gasteiger partial charge in [-0.3, -0.25) is 4.90 Å². The van der Waals surface area contributed by atoms with Crippen molar-refractivity contribution in [2.75, 3.05) is 19.7 Å². The molecule has 3 rings (SSSR count). The first-order valence-corrected chi connectivity index (χ1v) is 7.22. The van der Waals surface area contributed by atoms with Gasteiger partial charge in [0.25, 0.3) is 0 Å². The number of alkyl halides is 3. The molecule has 0 amide bonds. The minimum atomic E-state index is -4.31. The summed E-state index contributed by atoms with van der Waals surface area (Å²) in [6, 6.07) is 5.23. The summed E-state index contributed by atoms with van der Waals surface area (Å²) in [6.07, 6.45) is -4.59. The lowest BCUT2D eigenvalue weighted by molar-refractivity contribution is -0.137. The summed E-state index contributed by atoms with van der Waals surface area (Å²) in [5, 5.41) is 3.86. The van der Waals surface area contributed by atoms with Crippen LogP contribution in [-0.4, -0.2) is 34.7 Å². The van der Waals surface area contributed by atoms with E-state index in [1.165, 1.54) is 12.1 Å². The standard InChI is InChI=1S/C15H16F3N3O2/c1-10-19-14(20-23-10)13-9-21(6-7-22-13)8-11-2-4-12(5-3-11)15(16,17)18/h2-5,13H,6-9H2,1H3/t13-/m0/s1. The number of aryl methyl sites for hydroxylation is 1. The van der Waals surface area contributed by atoms with E-state index in [0.717, 1.165) is 17.7 Å². The van der Waals surface area contributed by atoms with Gasteiger partial charge in [-0.25, -0.2) is 0 Å². The zero-order valence-corrected chi connectivity index (χ0v) is 12.5. The molecular formula is C15H16F3N3O2. The third kappa shape index (κ3) is 3.89. The molecule has 23 heavy (non-hydrogen) atoms. The summed E-state index contributed by atoms with van der Waals surface area (Å²) in [7, 11) is 0. The minimum Gasteiger partial charge on any atom is -0.367 e. The van der Waals surface area contributed by atoms with Gasteiger partial charge in [-0.1, -0.05) is 17.3 Å². The van der Waals surface area contributed by atoms with Crippen molar-refractivity contribution in [3.63, 3.8) is 0 Å². The van der Waals surface area contributed by atoms with Crippen LogP contribution in [0, 0.1) is 6.92 Å². The number of morpholine rings is 1. The number of benzene rings is 1. The van der Waals surface area contributed by atoms with Crippen molar-refractivity contribution in [2.24, 2.45) is 0 Å². The molecule has 1 aliphatic heterocycles. The molecule has 1 aromatic carbocycles. The molecule has 2 heterocycles. The summed E-state index contributed by atoms with van der Waals surface area (Å²) in [5.74, 6) is 0.975. The van der Waals surface area contributed by atoms with Crippen molar-refractivity contribution >= 4 is 0 Å². The predicted octanol–water partition coefficient (Wildman–Crippen LogP) is 2.97. The van der Waals surface area contributed by atoms with E-state index in [2.05, 4.69) is 15.0 Å². The Morgan fingerprint density at radius 1 is 1.26 bits per heavy atom. The van der Waals surface area contributed by atoms with Crippen LogP contribution >= 0.6 is 0 Å². The lowest BCUT2D eigenvalue weighted by Gasteiger charge is -2.31. The zero-order chi connectivity index (χ0) is 16.4. The van der Waals surface area contributed by atoms with Crippen LogP contribution in [0.4, 0.5) is 13.2 Å². The molecule has 8 heteroatoms. The maximum absolute atomic E-state index is 12.6. The number of ether oxygens (including phenoxy) is 1. The highest BCUT2D eigenvalue weighted by atomic mass is 19.4. The first-order chi connectivity index (χ1) is 10.9. The minimum absolute atomic E-state index is 0.282. The number of aromatic nitrogens is 2. The summed E-state index contributed by atoms with van der Waals surface area (Å²) in [5.41, 5.74) is 0.186. The van der Waals surface area contributed by atoms with Gasteiger partial charge in [0.1, 0.15) is 6.10 Å². The topological polar surface area (TPSA) is 51.4 Å². The van der Waals surface area contributed by atoms with E-state index in [-0.39, 0.29) is 6.10 Å². The Balaban J connectivity index is 1.63. The number of rotatable bonds is 3. The molecule has 0 spiro atoms. The van der Waals surface area contributed by atoms with Crippen LogP contribution in [0.25, 0.3) is 0 Å². The van der Waals surface area contributed by atoms with Crippen LogP contribution in [0.5, 0.6) is 0 Å². The molecule has 0 bridgehead atoms. The van der Waals surface area contributed by atoms with Gasteiger partial charge >= 0.3 is 6.18 Å². The number of halogens is 3. The molecule has 0 saturated carbocycles. The molecule has 0 radical (unpaired) electrons. The fraction of sp³-hybridized carbons (Fsp3) is 0.467. The van der Waals surface area contributed by atoms with E-state index in [0.29, 0.717) is 38.0 Å². The van der Waals surface area contributed by atoms with Crippen LogP contribution in [0.15, 0.2) is 28.8 Å². The van der Waals surface area contributed by atoms with Crippen LogP contribution in [0.2, 0.25) is 0 Å². The molecule has 1 aliphatic rings. The normalized spacial score (nSPS) is 19.9. The molecule has 1 atom stereocenters. The Bertz CT molecular complexity index is 655. The van der Waals surface area contributed by atoms with E-state index in [4.69, 9.17) is 9.26 Å². The van der Waals surface area contributed by atoms with Crippen molar-refractivity contribution in [3.8, 4) is 0 Å². The monoisotopic (exact) mass is 327 g/mol. The smallest absolute Gasteiger partial charge is 0.367 e. The summed E-state index contributed by atoms with van der Waals surface area (Å²) >= 11 is 0. The van der Waals surface area contributed by atoms with E-state index in [9.17, 15) is 13.2 Å². The van der Waals surface area contributed by atoms with Gasteiger partial charge in [0.05, 0.1) is 12.2 Å². The second-order valence-electron chi connectivity index (χ2n) is 5.46. The fourth-order valence-electron chi connectivity index (χ4n) is 2.51. The van der Waals surface area contributed by atoms with Crippen molar-refractivity contribution in [1.29, 1.82) is 0 Å². The van der Waals surface area contributed by atoms with Gasteiger partial charge in [0.15, 0.2) is 0 Å². The lowest BCUT2D eigenvalue weighted by Crippen LogP contribution is -2.38. The zero-order valence-electron chi connectivity index (χ0n) is 12.5. The van der Waals surface area contributed by atoms with E-state index >= 15 is 0 Å². The lowest BCUT2D eigenvalue weighted by atomic mass is 10.1. The molecule has 5 nitrogen and oxygen atoms in total. The highest BCUT2D eigenvalue weighted by Gasteiger charge is 2.30. The maximum atomic E-state index is 12.6. The van der Waals surface area contributed by atoms with Gasteiger partial charge < -0.3 is 9.26 Å². The number of hydrogen-bond donors (Lipinski definition) is 0. The summed E-state index contributed by atoms with van der Waals surface area (Å²) < 4.78 is 48.3. The number of hydrogen-bond acceptors (Lipinski definition) is 5. The average molecular weight is 327 g/mol. The molecular weight excluding hydrogens is 311 g/mol. The Kier molecular flexibility index (Phi) is 4.36. The van der Waals surface area contributed by atoms with Gasteiger partial charge in [-0.05, 0) is 17.7 Å². The fourth-order valence-corrected chi connectivity index (χ4v) is 2.51. The Morgan fingerprint density at radius 2 is 2.00 bits per heavy atom. The van der Waals surface area contributed by atoms with Crippen molar-refractivity contribution in [3.05, 3.63) is 47.1 Å². The van der Waals surface area contributed by atoms with E-state index in [1.54, 1.807) is 6.92 Å². The van der Waals surface area contributed by atoms with Gasteiger partial charge in [-0.2, -0.15) is 18.2 Å². The Morgan fingerprint density at radius 3 is 2.61 bits per heavy atom. The SMILES string of the molecule is Cc1nc([C@@H]2CN(Cc3ccc(C(F)(F)F)cc3)CCO2)no1. The number of nitrogens with zero attached hydrogens (tertiary/aromatic N) is 3. The predicted molar refractivity (Wildman–Crippen MR) is 74.4 cm³/mol. The summed E-state index contributed by atoms with van der Waals surface area (Å²) in [4.78, 5) is 6.26. The van der Waals surface area contributed by atoms with Gasteiger partial charge in [-0.15, -0.1) is 0 Å². The Labute approximate surface area is 131 Å². The van der Waals surface area contributed by atoms with Crippen molar-refractivity contribution < 1.29 is 22.4 Å². The molecule has 2 aromatic rings. The van der Waals surface area contributed by atoms with Gasteiger partial charge in [0, 0.05) is 26.6 Å². The molecule has 1 saturated heterocycles. The van der Waals surface area contributed by atoms with Crippen LogP contribution < -0.4 is 0 Å². The third-order valence-corrected chi connectivity index (χ3v) is 3.67. The molecule has 0 aliphatic carbocycles. The molecule has 0 unspecified atom stereocenters. The van der Waals surface area contributed by atoms with Crippen LogP contribution in [-0.2, 0) is 17.5 Å². The highest BCUT2D eigenvalue weighted by Crippen LogP contribution is 2.29. The van der Waals surface area contributed by atoms with Crippen LogP contribution in [0.1, 0.15) is 28.9 Å². The second-order valence-corrected chi connectivity index (χ2v) is 5.46. The largest absolute Gasteiger partial charge is 0.416 e. The van der Waals surface area contributed by atoms with E-state index < -0.39 is 11.7 Å².